The lowest BCUT2D eigenvalue weighted by atomic mass is 9.73. The molecule has 7 heteroatoms. The van der Waals surface area contributed by atoms with Crippen LogP contribution in [0.1, 0.15) is 29.5 Å². The fourth-order valence-corrected chi connectivity index (χ4v) is 2.96. The first kappa shape index (κ1) is 16.8. The molecule has 0 fully saturated rings. The van der Waals surface area contributed by atoms with E-state index in [1.54, 1.807) is 6.92 Å². The maximum absolute atomic E-state index is 12.5. The lowest BCUT2D eigenvalue weighted by Crippen LogP contribution is -2.29. The van der Waals surface area contributed by atoms with Crippen molar-refractivity contribution in [3.05, 3.63) is 46.7 Å². The van der Waals surface area contributed by atoms with E-state index in [9.17, 15) is 30.3 Å². The molecule has 0 amide bonds. The number of carbonyl (C=O) groups is 1. The molecule has 2 aromatic carbocycles. The van der Waals surface area contributed by atoms with E-state index in [0.29, 0.717) is 12.0 Å². The molecule has 2 aromatic rings. The highest BCUT2D eigenvalue weighted by molar-refractivity contribution is 6.36. The number of carbonyl (C=O) groups excluding carboxylic acids is 1. The summed E-state index contributed by atoms with van der Waals surface area (Å²) >= 11 is 0. The zero-order valence-corrected chi connectivity index (χ0v) is 13.3. The highest BCUT2D eigenvalue weighted by Crippen LogP contribution is 2.48. The molecule has 0 bridgehead atoms. The monoisotopic (exact) mass is 337 g/mol. The number of allylic oxidation sites excluding steroid dienone is 2. The number of phenolic OH excluding ortho intramolecular Hbond substituents is 3. The molecule has 1 unspecified atom stereocenters. The summed E-state index contributed by atoms with van der Waals surface area (Å²) in [7, 11) is 5.51. The summed E-state index contributed by atoms with van der Waals surface area (Å²) in [6, 6.07) is 4.58. The van der Waals surface area contributed by atoms with Crippen LogP contribution in [0.15, 0.2) is 30.0 Å². The molecule has 0 saturated heterocycles. The van der Waals surface area contributed by atoms with Crippen LogP contribution in [0.5, 0.6) is 23.0 Å². The fraction of sp³-hybridized carbons (Fsp3) is 0.167. The number of benzene rings is 2. The molecule has 4 N–H and O–H groups in total. The van der Waals surface area contributed by atoms with Gasteiger partial charge in [-0.1, -0.05) is 13.0 Å². The van der Waals surface area contributed by atoms with E-state index in [1.807, 2.05) is 0 Å². The van der Waals surface area contributed by atoms with E-state index in [2.05, 4.69) is 0 Å². The van der Waals surface area contributed by atoms with Crippen LogP contribution in [0.4, 0.5) is 0 Å². The van der Waals surface area contributed by atoms with E-state index in [-0.39, 0.29) is 39.4 Å². The second-order valence-electron chi connectivity index (χ2n) is 5.86. The van der Waals surface area contributed by atoms with Gasteiger partial charge in [-0.15, -0.1) is 11.2 Å². The minimum absolute atomic E-state index is 0.0372. The smallest absolute Gasteiger partial charge is 0.182 e. The number of hydrogen-bond acceptors (Lipinski definition) is 6. The van der Waals surface area contributed by atoms with Gasteiger partial charge in [0.2, 0.25) is 0 Å². The molecule has 0 aromatic heterocycles. The van der Waals surface area contributed by atoms with Crippen LogP contribution in [0.3, 0.4) is 0 Å². The minimum atomic E-state index is -1.10. The summed E-state index contributed by atoms with van der Waals surface area (Å²) in [5.41, 5.74) is 0.327. The largest absolute Gasteiger partial charge is 0.873 e. The number of hydrogen-bond donors (Lipinski definition) is 4. The number of rotatable bonds is 3. The second kappa shape index (κ2) is 5.77. The molecule has 0 aliphatic heterocycles. The third-order valence-corrected chi connectivity index (χ3v) is 4.36. The van der Waals surface area contributed by atoms with Crippen LogP contribution in [0, 0.1) is 0 Å². The normalized spacial score (nSPS) is 16.8. The van der Waals surface area contributed by atoms with Gasteiger partial charge in [0, 0.05) is 17.2 Å². The Morgan fingerprint density at radius 1 is 1.04 bits per heavy atom. The maximum atomic E-state index is 12.5. The van der Waals surface area contributed by atoms with Crippen LogP contribution >= 0.6 is 0 Å². The van der Waals surface area contributed by atoms with Gasteiger partial charge in [0.25, 0.3) is 0 Å². The van der Waals surface area contributed by atoms with Gasteiger partial charge in [0.15, 0.2) is 5.78 Å². The molecular weight excluding hydrogens is 323 g/mol. The molecule has 126 valence electrons. The van der Waals surface area contributed by atoms with Crippen LogP contribution in [0.25, 0.3) is 5.57 Å². The van der Waals surface area contributed by atoms with Crippen molar-refractivity contribution in [2.24, 2.45) is 0 Å². The molecule has 1 atom stereocenters. The van der Waals surface area contributed by atoms with Crippen molar-refractivity contribution < 1.29 is 30.3 Å². The first-order valence-corrected chi connectivity index (χ1v) is 7.58. The van der Waals surface area contributed by atoms with E-state index in [4.69, 9.17) is 7.85 Å². The van der Waals surface area contributed by atoms with Crippen molar-refractivity contribution in [2.75, 3.05) is 0 Å². The first-order chi connectivity index (χ1) is 11.8. The molecule has 0 saturated carbocycles. The summed E-state index contributed by atoms with van der Waals surface area (Å²) in [6.45, 7) is 1.80. The fourth-order valence-electron chi connectivity index (χ4n) is 2.96. The number of aryl methyl sites for hydroxylation is 1. The Labute approximate surface area is 144 Å². The Bertz CT molecular complexity index is 932. The quantitative estimate of drug-likeness (QED) is 0.617. The van der Waals surface area contributed by atoms with E-state index in [0.717, 1.165) is 18.2 Å². The lowest BCUT2D eigenvalue weighted by Gasteiger charge is -2.30. The van der Waals surface area contributed by atoms with Crippen molar-refractivity contribution in [2.45, 2.75) is 19.3 Å². The molecular formula is C18H14BO6-. The van der Waals surface area contributed by atoms with E-state index < -0.39 is 23.2 Å². The number of phenols is 3. The summed E-state index contributed by atoms with van der Waals surface area (Å²) in [5, 5.41) is 51.4. The molecule has 3 rings (SSSR count). The predicted octanol–water partition coefficient (Wildman–Crippen LogP) is 0.869. The van der Waals surface area contributed by atoms with Gasteiger partial charge in [-0.3, -0.25) is 4.79 Å². The molecule has 1 aliphatic carbocycles. The molecule has 25 heavy (non-hydrogen) atoms. The third-order valence-electron chi connectivity index (χ3n) is 4.36. The Morgan fingerprint density at radius 3 is 2.32 bits per heavy atom. The van der Waals surface area contributed by atoms with Gasteiger partial charge >= 0.3 is 0 Å². The highest BCUT2D eigenvalue weighted by Gasteiger charge is 2.43. The standard InChI is InChI=1S/C18H15BO6/c1-2-7-3-8(12(21)5-11(7)20)15-17(24)16(18(15)25)9-4-10(19)14(23)6-13(9)22/h3-6,15,20-24H,2H2,1H3/p-1. The Kier molecular flexibility index (Phi) is 3.87. The van der Waals surface area contributed by atoms with Crippen LogP contribution in [-0.2, 0) is 11.2 Å². The van der Waals surface area contributed by atoms with Gasteiger partial charge < -0.3 is 25.5 Å². The predicted molar refractivity (Wildman–Crippen MR) is 89.4 cm³/mol. The average molecular weight is 337 g/mol. The summed E-state index contributed by atoms with van der Waals surface area (Å²) in [5.74, 6) is -3.46. The van der Waals surface area contributed by atoms with Crippen molar-refractivity contribution in [1.29, 1.82) is 0 Å². The Hall–Kier alpha value is -3.09. The number of ketones is 1. The average Bonchev–Trinajstić information content (AvgIpc) is 2.55. The van der Waals surface area contributed by atoms with Crippen LogP contribution < -0.4 is 10.6 Å². The molecule has 0 heterocycles. The minimum Gasteiger partial charge on any atom is -0.873 e. The number of Topliss-reactive ketones (excluding diaryl/α,β-unsaturated/α-hetero) is 1. The van der Waals surface area contributed by atoms with E-state index >= 15 is 0 Å². The molecule has 2 radical (unpaired) electrons. The highest BCUT2D eigenvalue weighted by atomic mass is 16.3. The Morgan fingerprint density at radius 2 is 1.72 bits per heavy atom. The zero-order valence-electron chi connectivity index (χ0n) is 13.3. The maximum Gasteiger partial charge on any atom is 0.182 e. The van der Waals surface area contributed by atoms with Crippen LogP contribution in [0.2, 0.25) is 0 Å². The lowest BCUT2D eigenvalue weighted by molar-refractivity contribution is -0.266. The molecule has 1 aliphatic rings. The first-order valence-electron chi connectivity index (χ1n) is 7.58. The Balaban J connectivity index is 2.10. The van der Waals surface area contributed by atoms with Crippen molar-refractivity contribution in [3.63, 3.8) is 0 Å². The second-order valence-corrected chi connectivity index (χ2v) is 5.86. The summed E-state index contributed by atoms with van der Waals surface area (Å²) < 4.78 is 0. The topological polar surface area (TPSA) is 121 Å². The van der Waals surface area contributed by atoms with Crippen molar-refractivity contribution in [3.8, 4) is 23.0 Å². The molecule has 0 spiro atoms. The van der Waals surface area contributed by atoms with Gasteiger partial charge in [-0.2, -0.15) is 0 Å². The van der Waals surface area contributed by atoms with E-state index in [1.165, 1.54) is 6.07 Å². The summed E-state index contributed by atoms with van der Waals surface area (Å²) in [4.78, 5) is 12.5. The van der Waals surface area contributed by atoms with Gasteiger partial charge in [0.05, 0.1) is 5.57 Å². The zero-order chi connectivity index (χ0) is 18.5. The third kappa shape index (κ3) is 2.48. The van der Waals surface area contributed by atoms with Gasteiger partial charge in [-0.25, -0.2) is 0 Å². The van der Waals surface area contributed by atoms with Crippen molar-refractivity contribution in [1.82, 2.24) is 0 Å². The number of aliphatic hydroxyl groups is 1. The molecule has 6 nitrogen and oxygen atoms in total. The van der Waals surface area contributed by atoms with Crippen molar-refractivity contribution >= 4 is 24.7 Å². The SMILES string of the molecule is [B]c1cc(C2=C(O)C(c3cc(CC)c(O)cc3O)C2=O)c(O)cc1[O-]. The number of aromatic hydroxyl groups is 3. The van der Waals surface area contributed by atoms with Crippen LogP contribution in [-0.4, -0.2) is 34.1 Å². The summed E-state index contributed by atoms with van der Waals surface area (Å²) in [6.07, 6.45) is 0.472. The van der Waals surface area contributed by atoms with Gasteiger partial charge in [-0.05, 0) is 24.1 Å². The number of aliphatic hydroxyl groups excluding tert-OH is 1. The van der Waals surface area contributed by atoms with Gasteiger partial charge in [0.1, 0.15) is 36.8 Å².